The number of carboxylic acid groups (broad SMARTS) is 1. The van der Waals surface area contributed by atoms with Crippen LogP contribution in [0, 0.1) is 0 Å². The Balaban J connectivity index is 1.93. The summed E-state index contributed by atoms with van der Waals surface area (Å²) in [6, 6.07) is 8.66. The lowest BCUT2D eigenvalue weighted by atomic mass is 10.2. The van der Waals surface area contributed by atoms with Crippen molar-refractivity contribution in [3.8, 4) is 0 Å². The molecule has 1 atom stereocenters. The van der Waals surface area contributed by atoms with E-state index in [1.807, 2.05) is 19.2 Å². The summed E-state index contributed by atoms with van der Waals surface area (Å²) in [7, 11) is 2.01. The molecule has 0 saturated carbocycles. The van der Waals surface area contributed by atoms with Crippen LogP contribution in [-0.2, 0) is 4.79 Å². The first-order valence-electron chi connectivity index (χ1n) is 6.49. The number of carbonyl (C=O) groups is 1. The van der Waals surface area contributed by atoms with Gasteiger partial charge in [-0.2, -0.15) is 0 Å². The normalized spacial score (nSPS) is 19.1. The third-order valence-corrected chi connectivity index (χ3v) is 4.33. The summed E-state index contributed by atoms with van der Waals surface area (Å²) in [6.45, 7) is 2.59. The van der Waals surface area contributed by atoms with Crippen LogP contribution in [0.2, 0.25) is 0 Å². The molecule has 0 aromatic heterocycles. The van der Waals surface area contributed by atoms with Gasteiger partial charge in [0.25, 0.3) is 0 Å². The van der Waals surface area contributed by atoms with Gasteiger partial charge in [-0.15, -0.1) is 0 Å². The van der Waals surface area contributed by atoms with Crippen molar-refractivity contribution in [2.45, 2.75) is 18.9 Å². The number of anilines is 1. The van der Waals surface area contributed by atoms with Crippen molar-refractivity contribution in [1.29, 1.82) is 0 Å². The van der Waals surface area contributed by atoms with Crippen molar-refractivity contribution in [3.63, 3.8) is 0 Å². The molecule has 1 aromatic rings. The summed E-state index contributed by atoms with van der Waals surface area (Å²) in [4.78, 5) is 15.1. The van der Waals surface area contributed by atoms with Gasteiger partial charge in [0.15, 0.2) is 0 Å². The predicted molar refractivity (Wildman–Crippen MR) is 79.6 cm³/mol. The molecular weight excluding hydrogens is 308 g/mol. The van der Waals surface area contributed by atoms with Gasteiger partial charge in [-0.05, 0) is 41.5 Å². The molecule has 0 aliphatic carbocycles. The Morgan fingerprint density at radius 2 is 2.26 bits per heavy atom. The quantitative estimate of drug-likeness (QED) is 0.902. The number of halogens is 1. The second kappa shape index (κ2) is 6.39. The Morgan fingerprint density at radius 1 is 1.53 bits per heavy atom. The van der Waals surface area contributed by atoms with E-state index in [9.17, 15) is 4.79 Å². The Hall–Kier alpha value is -1.07. The second-order valence-corrected chi connectivity index (χ2v) is 5.82. The molecule has 19 heavy (non-hydrogen) atoms. The van der Waals surface area contributed by atoms with Gasteiger partial charge < -0.3 is 14.9 Å². The van der Waals surface area contributed by atoms with E-state index in [0.717, 1.165) is 24.0 Å². The predicted octanol–water partition coefficient (Wildman–Crippen LogP) is 2.43. The van der Waals surface area contributed by atoms with Gasteiger partial charge in [0.1, 0.15) is 0 Å². The molecule has 0 amide bonds. The van der Waals surface area contributed by atoms with E-state index < -0.39 is 5.97 Å². The summed E-state index contributed by atoms with van der Waals surface area (Å²) in [5.41, 5.74) is 1.22. The lowest BCUT2D eigenvalue weighted by Crippen LogP contribution is -2.36. The van der Waals surface area contributed by atoms with Gasteiger partial charge >= 0.3 is 5.97 Å². The van der Waals surface area contributed by atoms with E-state index in [1.54, 1.807) is 0 Å². The largest absolute Gasteiger partial charge is 0.481 e. The molecule has 0 bridgehead atoms. The van der Waals surface area contributed by atoms with E-state index >= 15 is 0 Å². The van der Waals surface area contributed by atoms with Gasteiger partial charge in [-0.25, -0.2) is 0 Å². The molecule has 1 unspecified atom stereocenters. The van der Waals surface area contributed by atoms with Crippen LogP contribution in [0.3, 0.4) is 0 Å². The molecule has 104 valence electrons. The average molecular weight is 327 g/mol. The highest BCUT2D eigenvalue weighted by Crippen LogP contribution is 2.29. The molecule has 1 aliphatic rings. The zero-order valence-electron chi connectivity index (χ0n) is 11.1. The molecule has 1 saturated heterocycles. The van der Waals surface area contributed by atoms with Crippen LogP contribution in [0.5, 0.6) is 0 Å². The number of hydrogen-bond donors (Lipinski definition) is 1. The maximum Gasteiger partial charge on any atom is 0.304 e. The zero-order chi connectivity index (χ0) is 13.8. The van der Waals surface area contributed by atoms with Crippen molar-refractivity contribution in [1.82, 2.24) is 4.90 Å². The minimum absolute atomic E-state index is 0.210. The summed E-state index contributed by atoms with van der Waals surface area (Å²) in [5, 5.41) is 8.73. The number of hydrogen-bond acceptors (Lipinski definition) is 3. The first kappa shape index (κ1) is 14.3. The van der Waals surface area contributed by atoms with Crippen LogP contribution in [0.15, 0.2) is 28.7 Å². The van der Waals surface area contributed by atoms with E-state index in [1.165, 1.54) is 5.69 Å². The highest BCUT2D eigenvalue weighted by Gasteiger charge is 2.26. The summed E-state index contributed by atoms with van der Waals surface area (Å²) >= 11 is 3.58. The number of benzene rings is 1. The highest BCUT2D eigenvalue weighted by molar-refractivity contribution is 9.10. The highest BCUT2D eigenvalue weighted by atomic mass is 79.9. The molecule has 0 radical (unpaired) electrons. The van der Waals surface area contributed by atoms with Crippen molar-refractivity contribution in [3.05, 3.63) is 28.7 Å². The van der Waals surface area contributed by atoms with Crippen LogP contribution in [-0.4, -0.2) is 48.7 Å². The molecule has 1 aromatic carbocycles. The molecule has 1 heterocycles. The number of carboxylic acids is 1. The number of aliphatic carboxylic acids is 1. The van der Waals surface area contributed by atoms with Crippen LogP contribution in [0.25, 0.3) is 0 Å². The number of likely N-dealkylation sites (N-methyl/N-ethyl adjacent to an activating group) is 1. The van der Waals surface area contributed by atoms with Crippen LogP contribution < -0.4 is 4.90 Å². The number of rotatable bonds is 5. The van der Waals surface area contributed by atoms with Crippen molar-refractivity contribution in [2.24, 2.45) is 0 Å². The van der Waals surface area contributed by atoms with Gasteiger partial charge in [0.05, 0.1) is 12.1 Å². The number of nitrogens with zero attached hydrogens (tertiary/aromatic N) is 2. The van der Waals surface area contributed by atoms with E-state index in [0.29, 0.717) is 12.6 Å². The molecule has 1 N–H and O–H groups in total. The number of para-hydroxylation sites is 1. The molecule has 2 rings (SSSR count). The smallest absolute Gasteiger partial charge is 0.304 e. The van der Waals surface area contributed by atoms with Crippen molar-refractivity contribution in [2.75, 3.05) is 31.6 Å². The first-order valence-corrected chi connectivity index (χ1v) is 7.28. The Bertz CT molecular complexity index is 453. The van der Waals surface area contributed by atoms with Crippen molar-refractivity contribution < 1.29 is 9.90 Å². The van der Waals surface area contributed by atoms with Crippen LogP contribution >= 0.6 is 15.9 Å². The van der Waals surface area contributed by atoms with Gasteiger partial charge in [0.2, 0.25) is 0 Å². The zero-order valence-corrected chi connectivity index (χ0v) is 12.6. The molecule has 4 nitrogen and oxygen atoms in total. The SMILES string of the molecule is CN(CCC(=O)O)C1CCN(c2ccccc2Br)C1. The summed E-state index contributed by atoms with van der Waals surface area (Å²) in [5.74, 6) is -0.729. The van der Waals surface area contributed by atoms with Gasteiger partial charge in [-0.1, -0.05) is 12.1 Å². The standard InChI is InChI=1S/C14H19BrN2O2/c1-16(8-7-14(18)19)11-6-9-17(10-11)13-5-3-2-4-12(13)15/h2-5,11H,6-10H2,1H3,(H,18,19). The average Bonchev–Trinajstić information content (AvgIpc) is 2.86. The third-order valence-electron chi connectivity index (χ3n) is 3.66. The maximum absolute atomic E-state index is 10.6. The lowest BCUT2D eigenvalue weighted by molar-refractivity contribution is -0.137. The minimum Gasteiger partial charge on any atom is -0.481 e. The minimum atomic E-state index is -0.729. The fourth-order valence-electron chi connectivity index (χ4n) is 2.48. The lowest BCUT2D eigenvalue weighted by Gasteiger charge is -2.25. The molecule has 1 fully saturated rings. The van der Waals surface area contributed by atoms with E-state index in [-0.39, 0.29) is 6.42 Å². The Labute approximate surface area is 122 Å². The molecular formula is C14H19BrN2O2. The Kier molecular flexibility index (Phi) is 4.82. The fraction of sp³-hybridized carbons (Fsp3) is 0.500. The molecule has 5 heteroatoms. The third kappa shape index (κ3) is 3.70. The summed E-state index contributed by atoms with van der Waals surface area (Å²) in [6.07, 6.45) is 1.29. The molecule has 0 spiro atoms. The fourth-order valence-corrected chi connectivity index (χ4v) is 3.02. The van der Waals surface area contributed by atoms with Gasteiger partial charge in [0, 0.05) is 30.1 Å². The van der Waals surface area contributed by atoms with E-state index in [2.05, 4.69) is 37.9 Å². The Morgan fingerprint density at radius 3 is 2.95 bits per heavy atom. The molecule has 1 aliphatic heterocycles. The van der Waals surface area contributed by atoms with Crippen LogP contribution in [0.1, 0.15) is 12.8 Å². The van der Waals surface area contributed by atoms with Crippen molar-refractivity contribution >= 4 is 27.6 Å². The first-order chi connectivity index (χ1) is 9.08. The topological polar surface area (TPSA) is 43.8 Å². The van der Waals surface area contributed by atoms with E-state index in [4.69, 9.17) is 5.11 Å². The van der Waals surface area contributed by atoms with Crippen LogP contribution in [0.4, 0.5) is 5.69 Å². The monoisotopic (exact) mass is 326 g/mol. The second-order valence-electron chi connectivity index (χ2n) is 4.96. The maximum atomic E-state index is 10.6. The van der Waals surface area contributed by atoms with Gasteiger partial charge in [-0.3, -0.25) is 4.79 Å². The summed E-state index contributed by atoms with van der Waals surface area (Å²) < 4.78 is 1.11.